The molecule has 2 aromatic carbocycles. The van der Waals surface area contributed by atoms with Gasteiger partial charge in [-0.25, -0.2) is 9.38 Å². The number of hydrazone groups is 1. The molecule has 4 rings (SSSR count). The predicted molar refractivity (Wildman–Crippen MR) is 111 cm³/mol. The molecular weight excluding hydrogens is 357 g/mol. The van der Waals surface area contributed by atoms with E-state index in [4.69, 9.17) is 4.99 Å². The van der Waals surface area contributed by atoms with Gasteiger partial charge < -0.3 is 0 Å². The van der Waals surface area contributed by atoms with Gasteiger partial charge in [-0.3, -0.25) is 5.43 Å². The van der Waals surface area contributed by atoms with Crippen LogP contribution in [-0.4, -0.2) is 11.5 Å². The first-order valence-corrected chi connectivity index (χ1v) is 9.67. The lowest BCUT2D eigenvalue weighted by molar-refractivity contribution is 0.590. The second-order valence-electron chi connectivity index (χ2n) is 7.50. The van der Waals surface area contributed by atoms with Crippen LogP contribution in [0, 0.1) is 5.82 Å². The molecule has 0 radical (unpaired) electrons. The molecule has 0 bridgehead atoms. The number of hydrogen-bond acceptors (Lipinski definition) is 4. The van der Waals surface area contributed by atoms with Crippen molar-refractivity contribution in [2.24, 2.45) is 10.1 Å². The molecule has 0 saturated heterocycles. The number of halogens is 1. The highest BCUT2D eigenvalue weighted by atomic mass is 32.1. The minimum absolute atomic E-state index is 0.0891. The minimum atomic E-state index is -0.300. The predicted octanol–water partition coefficient (Wildman–Crippen LogP) is 5.62. The number of nitrogens with one attached hydrogen (secondary N) is 1. The fraction of sp³-hybridized carbons (Fsp3) is 0.182. The van der Waals surface area contributed by atoms with Gasteiger partial charge in [-0.1, -0.05) is 51.1 Å². The molecule has 0 aliphatic carbocycles. The second kappa shape index (κ2) is 6.74. The van der Waals surface area contributed by atoms with Gasteiger partial charge in [0.25, 0.3) is 0 Å². The molecule has 0 unspecified atom stereocenters. The highest BCUT2D eigenvalue weighted by Crippen LogP contribution is 2.28. The van der Waals surface area contributed by atoms with E-state index in [9.17, 15) is 4.39 Å². The standard InChI is InChI=1S/C22H20FN3S/c1-22(2,3)15-8-6-14(7-9-15)21-24-18-11-10-16(23)13-17(18)20(25-26-21)19-5-4-12-27-19/h4-13H,1-3H3,(H,24,26). The Labute approximate surface area is 162 Å². The van der Waals surface area contributed by atoms with E-state index < -0.39 is 0 Å². The summed E-state index contributed by atoms with van der Waals surface area (Å²) in [5.41, 5.74) is 7.45. The van der Waals surface area contributed by atoms with E-state index in [1.165, 1.54) is 17.7 Å². The molecule has 136 valence electrons. The third-order valence-electron chi connectivity index (χ3n) is 4.50. The summed E-state index contributed by atoms with van der Waals surface area (Å²) in [5.74, 6) is 0.348. The molecule has 1 aliphatic rings. The molecule has 0 atom stereocenters. The Bertz CT molecular complexity index is 1030. The van der Waals surface area contributed by atoms with E-state index in [0.717, 1.165) is 10.4 Å². The first-order valence-electron chi connectivity index (χ1n) is 8.79. The van der Waals surface area contributed by atoms with Crippen molar-refractivity contribution >= 4 is 28.6 Å². The van der Waals surface area contributed by atoms with Crippen LogP contribution in [0.2, 0.25) is 0 Å². The summed E-state index contributed by atoms with van der Waals surface area (Å²) >= 11 is 1.57. The van der Waals surface area contributed by atoms with Gasteiger partial charge in [-0.2, -0.15) is 5.10 Å². The molecule has 0 saturated carbocycles. The van der Waals surface area contributed by atoms with Crippen molar-refractivity contribution < 1.29 is 4.39 Å². The fourth-order valence-corrected chi connectivity index (χ4v) is 3.70. The third kappa shape index (κ3) is 3.55. The van der Waals surface area contributed by atoms with E-state index in [1.54, 1.807) is 17.4 Å². The largest absolute Gasteiger partial charge is 0.260 e. The number of thiophene rings is 1. The number of benzene rings is 2. The van der Waals surface area contributed by atoms with Crippen molar-refractivity contribution in [3.8, 4) is 0 Å². The Morgan fingerprint density at radius 3 is 2.44 bits per heavy atom. The van der Waals surface area contributed by atoms with Crippen LogP contribution in [0.4, 0.5) is 10.1 Å². The smallest absolute Gasteiger partial charge is 0.154 e. The fourth-order valence-electron chi connectivity index (χ4n) is 2.97. The Morgan fingerprint density at radius 2 is 1.78 bits per heavy atom. The summed E-state index contributed by atoms with van der Waals surface area (Å²) in [4.78, 5) is 5.70. The molecule has 5 heteroatoms. The number of aliphatic imine (C=N–C) groups is 1. The number of fused-ring (bicyclic) bond motifs is 1. The Morgan fingerprint density at radius 1 is 1.00 bits per heavy atom. The number of amidine groups is 1. The Balaban J connectivity index is 1.79. The highest BCUT2D eigenvalue weighted by Gasteiger charge is 2.19. The average molecular weight is 377 g/mol. The van der Waals surface area contributed by atoms with Crippen LogP contribution in [0.15, 0.2) is 70.1 Å². The topological polar surface area (TPSA) is 36.8 Å². The van der Waals surface area contributed by atoms with Crippen LogP contribution < -0.4 is 5.43 Å². The van der Waals surface area contributed by atoms with Crippen molar-refractivity contribution in [2.75, 3.05) is 0 Å². The molecule has 0 fully saturated rings. The molecule has 0 amide bonds. The minimum Gasteiger partial charge on any atom is -0.260 e. The first-order chi connectivity index (χ1) is 12.9. The van der Waals surface area contributed by atoms with Gasteiger partial charge in [0, 0.05) is 11.1 Å². The van der Waals surface area contributed by atoms with Gasteiger partial charge in [-0.15, -0.1) is 11.3 Å². The van der Waals surface area contributed by atoms with Gasteiger partial charge >= 0.3 is 0 Å². The van der Waals surface area contributed by atoms with Crippen molar-refractivity contribution in [2.45, 2.75) is 26.2 Å². The molecule has 2 heterocycles. The van der Waals surface area contributed by atoms with Gasteiger partial charge in [0.05, 0.1) is 10.6 Å². The zero-order chi connectivity index (χ0) is 19.0. The molecule has 0 spiro atoms. The summed E-state index contributed by atoms with van der Waals surface area (Å²) in [6, 6.07) is 16.9. The summed E-state index contributed by atoms with van der Waals surface area (Å²) in [5, 5.41) is 6.54. The van der Waals surface area contributed by atoms with E-state index >= 15 is 0 Å². The van der Waals surface area contributed by atoms with E-state index in [2.05, 4.69) is 43.4 Å². The van der Waals surface area contributed by atoms with Gasteiger partial charge in [-0.05, 0) is 40.6 Å². The van der Waals surface area contributed by atoms with Gasteiger partial charge in [0.15, 0.2) is 5.84 Å². The first kappa shape index (κ1) is 17.6. The quantitative estimate of drug-likeness (QED) is 0.618. The monoisotopic (exact) mass is 377 g/mol. The second-order valence-corrected chi connectivity index (χ2v) is 8.45. The SMILES string of the molecule is CC(C)(C)c1ccc(C2=Nc3ccc(F)cc3C(c3cccs3)=NN2)cc1. The van der Waals surface area contributed by atoms with Crippen LogP contribution >= 0.6 is 11.3 Å². The summed E-state index contributed by atoms with van der Waals surface area (Å²) in [6.07, 6.45) is 0. The number of nitrogens with zero attached hydrogens (tertiary/aromatic N) is 2. The normalized spacial score (nSPS) is 13.9. The lowest BCUT2D eigenvalue weighted by atomic mass is 9.86. The van der Waals surface area contributed by atoms with Crippen LogP contribution in [0.3, 0.4) is 0 Å². The summed E-state index contributed by atoms with van der Waals surface area (Å²) in [6.45, 7) is 6.56. The number of hydrogen-bond donors (Lipinski definition) is 1. The maximum atomic E-state index is 13.9. The zero-order valence-electron chi connectivity index (χ0n) is 15.5. The number of rotatable bonds is 2. The molecule has 1 N–H and O–H groups in total. The lowest BCUT2D eigenvalue weighted by Crippen LogP contribution is -2.20. The van der Waals surface area contributed by atoms with Crippen LogP contribution in [0.5, 0.6) is 0 Å². The van der Waals surface area contributed by atoms with Crippen LogP contribution in [0.25, 0.3) is 0 Å². The molecule has 1 aliphatic heterocycles. The Kier molecular flexibility index (Phi) is 4.40. The van der Waals surface area contributed by atoms with Gasteiger partial charge in [0.2, 0.25) is 0 Å². The molecule has 3 nitrogen and oxygen atoms in total. The lowest BCUT2D eigenvalue weighted by Gasteiger charge is -2.19. The summed E-state index contributed by atoms with van der Waals surface area (Å²) in [7, 11) is 0. The molecule has 27 heavy (non-hydrogen) atoms. The maximum absolute atomic E-state index is 13.9. The highest BCUT2D eigenvalue weighted by molar-refractivity contribution is 7.12. The molecule has 1 aromatic heterocycles. The molecule has 3 aromatic rings. The zero-order valence-corrected chi connectivity index (χ0v) is 16.3. The van der Waals surface area contributed by atoms with Crippen molar-refractivity contribution in [3.05, 3.63) is 87.4 Å². The third-order valence-corrected chi connectivity index (χ3v) is 5.38. The maximum Gasteiger partial charge on any atom is 0.154 e. The van der Waals surface area contributed by atoms with Gasteiger partial charge in [0.1, 0.15) is 11.5 Å². The molecular formula is C22H20FN3S. The van der Waals surface area contributed by atoms with Crippen molar-refractivity contribution in [3.63, 3.8) is 0 Å². The van der Waals surface area contributed by atoms with Crippen molar-refractivity contribution in [1.82, 2.24) is 5.43 Å². The van der Waals surface area contributed by atoms with E-state index in [-0.39, 0.29) is 11.2 Å². The van der Waals surface area contributed by atoms with E-state index in [1.807, 2.05) is 29.6 Å². The van der Waals surface area contributed by atoms with Crippen molar-refractivity contribution in [1.29, 1.82) is 0 Å². The summed E-state index contributed by atoms with van der Waals surface area (Å²) < 4.78 is 13.9. The average Bonchev–Trinajstić information content (AvgIpc) is 3.10. The van der Waals surface area contributed by atoms with E-state index in [0.29, 0.717) is 22.8 Å². The van der Waals surface area contributed by atoms with Crippen LogP contribution in [-0.2, 0) is 5.41 Å². The van der Waals surface area contributed by atoms with Crippen LogP contribution in [0.1, 0.15) is 42.3 Å². The Hall–Kier alpha value is -2.79.